The van der Waals surface area contributed by atoms with Gasteiger partial charge in [0, 0.05) is 30.9 Å². The quantitative estimate of drug-likeness (QED) is 0.582. The van der Waals surface area contributed by atoms with E-state index in [0.29, 0.717) is 16.8 Å². The Bertz CT molecular complexity index is 610. The van der Waals surface area contributed by atoms with Crippen LogP contribution in [0.3, 0.4) is 0 Å². The monoisotopic (exact) mass is 313 g/mol. The molecular weight excluding hydrogens is 290 g/mol. The van der Waals surface area contributed by atoms with Crippen LogP contribution in [-0.4, -0.2) is 37.0 Å². The van der Waals surface area contributed by atoms with Gasteiger partial charge in [-0.3, -0.25) is 4.79 Å². The number of benzene rings is 1. The van der Waals surface area contributed by atoms with E-state index in [0.717, 1.165) is 25.3 Å². The number of carbonyl (C=O) groups is 1. The molecule has 23 heavy (non-hydrogen) atoms. The van der Waals surface area contributed by atoms with Crippen molar-refractivity contribution in [3.05, 3.63) is 65.6 Å². The highest BCUT2D eigenvalue weighted by Crippen LogP contribution is 2.16. The molecule has 2 aromatic rings. The summed E-state index contributed by atoms with van der Waals surface area (Å²) >= 11 is 0. The van der Waals surface area contributed by atoms with E-state index in [1.807, 2.05) is 30.3 Å². The van der Waals surface area contributed by atoms with Crippen molar-refractivity contribution in [3.63, 3.8) is 0 Å². The molecule has 1 aromatic carbocycles. The van der Waals surface area contributed by atoms with Crippen LogP contribution in [0.2, 0.25) is 0 Å². The summed E-state index contributed by atoms with van der Waals surface area (Å²) in [5.74, 6) is -0.0936. The third-order valence-electron chi connectivity index (χ3n) is 3.90. The van der Waals surface area contributed by atoms with Gasteiger partial charge in [-0.2, -0.15) is 4.73 Å². The lowest BCUT2D eigenvalue weighted by atomic mass is 10.2. The minimum atomic E-state index is -0.0936. The van der Waals surface area contributed by atoms with Crippen molar-refractivity contribution in [2.45, 2.75) is 13.8 Å². The summed E-state index contributed by atoms with van der Waals surface area (Å²) in [5.41, 5.74) is 1.38. The number of amides is 1. The van der Waals surface area contributed by atoms with Gasteiger partial charge in [0.25, 0.3) is 5.91 Å². The molecule has 0 aliphatic carbocycles. The summed E-state index contributed by atoms with van der Waals surface area (Å²) in [7, 11) is 0. The van der Waals surface area contributed by atoms with E-state index in [2.05, 4.69) is 18.7 Å². The number of carbonyl (C=O) groups excluding carboxylic acids is 1. The normalized spacial score (nSPS) is 10.7. The fourth-order valence-electron chi connectivity index (χ4n) is 2.45. The fourth-order valence-corrected chi connectivity index (χ4v) is 2.45. The van der Waals surface area contributed by atoms with Crippen molar-refractivity contribution in [3.8, 4) is 0 Å². The van der Waals surface area contributed by atoms with Gasteiger partial charge < -0.3 is 15.0 Å². The van der Waals surface area contributed by atoms with Crippen molar-refractivity contribution < 1.29 is 9.52 Å². The molecule has 0 aliphatic rings. The van der Waals surface area contributed by atoms with Crippen LogP contribution in [-0.2, 0) is 0 Å². The molecule has 1 heterocycles. The van der Waals surface area contributed by atoms with Gasteiger partial charge in [0.15, 0.2) is 12.4 Å². The molecule has 0 bridgehead atoms. The van der Waals surface area contributed by atoms with E-state index in [-0.39, 0.29) is 5.91 Å². The Balaban J connectivity index is 2.22. The zero-order chi connectivity index (χ0) is 16.7. The standard InChI is InChI=1S/C18H23N3O2/c1-3-19(4-2)14-15-21(17-8-6-5-7-9-17)18(22)16-10-12-20(23)13-11-16/h5-13H,3-4,14-15H2,1-2H3. The summed E-state index contributed by atoms with van der Waals surface area (Å²) in [6.45, 7) is 7.55. The van der Waals surface area contributed by atoms with Gasteiger partial charge in [-0.1, -0.05) is 32.0 Å². The molecule has 0 aliphatic heterocycles. The van der Waals surface area contributed by atoms with E-state index in [1.54, 1.807) is 17.0 Å². The number of hydrogen-bond acceptors (Lipinski definition) is 3. The van der Waals surface area contributed by atoms with Crippen LogP contribution in [0.5, 0.6) is 0 Å². The molecule has 0 spiro atoms. The maximum Gasteiger partial charge on any atom is 0.258 e. The molecule has 0 radical (unpaired) electrons. The average Bonchev–Trinajstić information content (AvgIpc) is 2.60. The minimum absolute atomic E-state index is 0.0936. The Labute approximate surface area is 137 Å². The van der Waals surface area contributed by atoms with Crippen molar-refractivity contribution in [2.24, 2.45) is 0 Å². The molecule has 1 amide bonds. The van der Waals surface area contributed by atoms with Crippen molar-refractivity contribution in [1.29, 1.82) is 0 Å². The smallest absolute Gasteiger partial charge is 0.258 e. The Hall–Kier alpha value is -2.40. The molecule has 0 fully saturated rings. The van der Waals surface area contributed by atoms with Crippen LogP contribution in [0.4, 0.5) is 5.69 Å². The molecule has 2 rings (SSSR count). The minimum Gasteiger partial charge on any atom is -0.619 e. The van der Waals surface area contributed by atoms with Crippen molar-refractivity contribution in [1.82, 2.24) is 4.90 Å². The van der Waals surface area contributed by atoms with Gasteiger partial charge >= 0.3 is 0 Å². The first kappa shape index (κ1) is 17.0. The van der Waals surface area contributed by atoms with Gasteiger partial charge in [0.05, 0.1) is 5.56 Å². The summed E-state index contributed by atoms with van der Waals surface area (Å²) in [4.78, 5) is 16.9. The molecule has 122 valence electrons. The SMILES string of the molecule is CCN(CC)CCN(C(=O)c1cc[n+]([O-])cc1)c1ccccc1. The number of likely N-dealkylation sites (N-methyl/N-ethyl adjacent to an activating group) is 1. The number of pyridine rings is 1. The highest BCUT2D eigenvalue weighted by molar-refractivity contribution is 6.05. The topological polar surface area (TPSA) is 50.5 Å². The van der Waals surface area contributed by atoms with E-state index in [1.165, 1.54) is 12.4 Å². The highest BCUT2D eigenvalue weighted by Gasteiger charge is 2.18. The number of nitrogens with zero attached hydrogens (tertiary/aromatic N) is 3. The molecule has 1 aromatic heterocycles. The Morgan fingerprint density at radius 2 is 1.61 bits per heavy atom. The fraction of sp³-hybridized carbons (Fsp3) is 0.333. The summed E-state index contributed by atoms with van der Waals surface area (Å²) in [6, 6.07) is 12.7. The molecular formula is C18H23N3O2. The second-order valence-electron chi connectivity index (χ2n) is 5.27. The molecule has 0 unspecified atom stereocenters. The predicted molar refractivity (Wildman–Crippen MR) is 91.3 cm³/mol. The first-order valence-corrected chi connectivity index (χ1v) is 7.93. The van der Waals surface area contributed by atoms with Gasteiger partial charge in [0.1, 0.15) is 0 Å². The lowest BCUT2D eigenvalue weighted by molar-refractivity contribution is -0.605. The Kier molecular flexibility index (Phi) is 6.11. The average molecular weight is 313 g/mol. The van der Waals surface area contributed by atoms with Crippen LogP contribution in [0, 0.1) is 5.21 Å². The van der Waals surface area contributed by atoms with Crippen LogP contribution in [0.25, 0.3) is 0 Å². The van der Waals surface area contributed by atoms with Crippen molar-refractivity contribution in [2.75, 3.05) is 31.1 Å². The predicted octanol–water partition coefficient (Wildman–Crippen LogP) is 2.31. The second-order valence-corrected chi connectivity index (χ2v) is 5.27. The summed E-state index contributed by atoms with van der Waals surface area (Å²) in [5, 5.41) is 11.2. The number of rotatable bonds is 7. The maximum absolute atomic E-state index is 12.8. The molecule has 0 saturated carbocycles. The third-order valence-corrected chi connectivity index (χ3v) is 3.90. The molecule has 5 nitrogen and oxygen atoms in total. The number of anilines is 1. The molecule has 5 heteroatoms. The van der Waals surface area contributed by atoms with Crippen molar-refractivity contribution >= 4 is 11.6 Å². The first-order chi connectivity index (χ1) is 11.2. The third kappa shape index (κ3) is 4.53. The zero-order valence-corrected chi connectivity index (χ0v) is 13.7. The molecule has 0 N–H and O–H groups in total. The van der Waals surface area contributed by atoms with Gasteiger partial charge in [-0.25, -0.2) is 0 Å². The number of para-hydroxylation sites is 1. The van der Waals surface area contributed by atoms with E-state index in [4.69, 9.17) is 0 Å². The molecule has 0 atom stereocenters. The van der Waals surface area contributed by atoms with E-state index < -0.39 is 0 Å². The second kappa shape index (κ2) is 8.29. The van der Waals surface area contributed by atoms with E-state index in [9.17, 15) is 10.0 Å². The maximum atomic E-state index is 12.8. The zero-order valence-electron chi connectivity index (χ0n) is 13.7. The number of hydrogen-bond donors (Lipinski definition) is 0. The van der Waals surface area contributed by atoms with Gasteiger partial charge in [-0.05, 0) is 25.2 Å². The van der Waals surface area contributed by atoms with Crippen LogP contribution in [0.1, 0.15) is 24.2 Å². The Morgan fingerprint density at radius 3 is 2.17 bits per heavy atom. The van der Waals surface area contributed by atoms with Crippen LogP contribution >= 0.6 is 0 Å². The Morgan fingerprint density at radius 1 is 1.00 bits per heavy atom. The summed E-state index contributed by atoms with van der Waals surface area (Å²) < 4.78 is 0.680. The summed E-state index contributed by atoms with van der Waals surface area (Å²) in [6.07, 6.45) is 2.70. The van der Waals surface area contributed by atoms with Gasteiger partial charge in [-0.15, -0.1) is 0 Å². The first-order valence-electron chi connectivity index (χ1n) is 7.93. The van der Waals surface area contributed by atoms with E-state index >= 15 is 0 Å². The van der Waals surface area contributed by atoms with Gasteiger partial charge in [0.2, 0.25) is 0 Å². The van der Waals surface area contributed by atoms with Crippen LogP contribution < -0.4 is 9.63 Å². The lowest BCUT2D eigenvalue weighted by Gasteiger charge is -2.26. The van der Waals surface area contributed by atoms with Crippen LogP contribution in [0.15, 0.2) is 54.9 Å². The largest absolute Gasteiger partial charge is 0.619 e. The molecule has 0 saturated heterocycles. The highest BCUT2D eigenvalue weighted by atomic mass is 16.5. The number of aromatic nitrogens is 1. The lowest BCUT2D eigenvalue weighted by Crippen LogP contribution is -2.39.